The van der Waals surface area contributed by atoms with Crippen LogP contribution >= 0.6 is 11.8 Å². The van der Waals surface area contributed by atoms with Crippen LogP contribution in [0.5, 0.6) is 5.75 Å². The van der Waals surface area contributed by atoms with Crippen molar-refractivity contribution < 1.29 is 18.7 Å². The molecular formula is C25H23N5O4S. The molecule has 0 saturated carbocycles. The molecule has 2 amide bonds. The zero-order valence-corrected chi connectivity index (χ0v) is 19.8. The summed E-state index contributed by atoms with van der Waals surface area (Å²) in [6, 6.07) is 20.8. The first kappa shape index (κ1) is 22.7. The minimum Gasteiger partial charge on any atom is -0.477 e. The molecule has 35 heavy (non-hydrogen) atoms. The van der Waals surface area contributed by atoms with E-state index in [1.165, 1.54) is 11.8 Å². The van der Waals surface area contributed by atoms with Gasteiger partial charge < -0.3 is 19.4 Å². The molecule has 1 atom stereocenters. The lowest BCUT2D eigenvalue weighted by molar-refractivity contribution is -0.127. The van der Waals surface area contributed by atoms with Gasteiger partial charge in [-0.3, -0.25) is 14.2 Å². The molecule has 0 bridgehead atoms. The zero-order valence-electron chi connectivity index (χ0n) is 19.0. The lowest BCUT2D eigenvalue weighted by atomic mass is 10.2. The van der Waals surface area contributed by atoms with E-state index < -0.39 is 6.10 Å². The number of fused-ring (bicyclic) bond motifs is 1. The van der Waals surface area contributed by atoms with Gasteiger partial charge >= 0.3 is 0 Å². The Balaban J connectivity index is 1.38. The summed E-state index contributed by atoms with van der Waals surface area (Å²) in [5.41, 5.74) is 1.71. The van der Waals surface area contributed by atoms with Crippen LogP contribution in [0.4, 0.5) is 5.69 Å². The second-order valence-electron chi connectivity index (χ2n) is 7.84. The zero-order chi connectivity index (χ0) is 24.2. The number of ether oxygens (including phenoxy) is 1. The number of furan rings is 1. The number of benzene rings is 2. The van der Waals surface area contributed by atoms with E-state index in [2.05, 4.69) is 15.5 Å². The largest absolute Gasteiger partial charge is 0.477 e. The van der Waals surface area contributed by atoms with Crippen LogP contribution in [0.2, 0.25) is 0 Å². The third-order valence-electron chi connectivity index (χ3n) is 5.58. The van der Waals surface area contributed by atoms with E-state index in [-0.39, 0.29) is 24.1 Å². The van der Waals surface area contributed by atoms with Gasteiger partial charge in [0.1, 0.15) is 5.75 Å². The molecular weight excluding hydrogens is 466 g/mol. The first-order valence-corrected chi connectivity index (χ1v) is 12.0. The predicted molar refractivity (Wildman–Crippen MR) is 131 cm³/mol. The summed E-state index contributed by atoms with van der Waals surface area (Å²) in [5.74, 6) is 1.36. The normalized spacial score (nSPS) is 14.8. The number of hydrogen-bond acceptors (Lipinski definition) is 7. The highest BCUT2D eigenvalue weighted by Crippen LogP contribution is 2.34. The number of amides is 2. The molecule has 3 heterocycles. The van der Waals surface area contributed by atoms with Crippen molar-refractivity contribution in [2.45, 2.75) is 17.8 Å². The van der Waals surface area contributed by atoms with Crippen LogP contribution in [-0.2, 0) is 16.1 Å². The van der Waals surface area contributed by atoms with Gasteiger partial charge in [0.25, 0.3) is 5.91 Å². The Morgan fingerprint density at radius 3 is 2.63 bits per heavy atom. The minimum atomic E-state index is -0.781. The van der Waals surface area contributed by atoms with Gasteiger partial charge in [0.15, 0.2) is 17.0 Å². The molecule has 178 valence electrons. The average Bonchev–Trinajstić information content (AvgIpc) is 3.57. The molecule has 0 spiro atoms. The minimum absolute atomic E-state index is 0.111. The quantitative estimate of drug-likeness (QED) is 0.398. The van der Waals surface area contributed by atoms with Crippen LogP contribution in [0.15, 0.2) is 82.6 Å². The van der Waals surface area contributed by atoms with Gasteiger partial charge in [-0.15, -0.1) is 10.2 Å². The molecule has 5 rings (SSSR count). The van der Waals surface area contributed by atoms with Crippen LogP contribution in [0.3, 0.4) is 0 Å². The maximum atomic E-state index is 13.3. The predicted octanol–water partition coefficient (Wildman–Crippen LogP) is 3.22. The van der Waals surface area contributed by atoms with Crippen molar-refractivity contribution in [3.63, 3.8) is 0 Å². The number of nitrogens with one attached hydrogen (secondary N) is 1. The molecule has 10 heteroatoms. The maximum absolute atomic E-state index is 13.3. The lowest BCUT2D eigenvalue weighted by Gasteiger charge is -2.34. The number of likely N-dealkylation sites (N-methyl/N-ethyl adjacent to an activating group) is 1. The van der Waals surface area contributed by atoms with Gasteiger partial charge in [0.2, 0.25) is 11.7 Å². The molecule has 9 nitrogen and oxygen atoms in total. The fraction of sp³-hybridized carbons (Fsp3) is 0.200. The summed E-state index contributed by atoms with van der Waals surface area (Å²) in [4.78, 5) is 27.2. The molecule has 0 fully saturated rings. The molecule has 1 unspecified atom stereocenters. The Morgan fingerprint density at radius 2 is 1.86 bits per heavy atom. The second kappa shape index (κ2) is 10.1. The number of rotatable bonds is 7. The van der Waals surface area contributed by atoms with Gasteiger partial charge in [0, 0.05) is 7.05 Å². The van der Waals surface area contributed by atoms with Crippen molar-refractivity contribution in [2.24, 2.45) is 0 Å². The summed E-state index contributed by atoms with van der Waals surface area (Å²) in [6.07, 6.45) is 0.808. The number of para-hydroxylation sites is 2. The molecule has 0 aliphatic carbocycles. The first-order chi connectivity index (χ1) is 17.1. The van der Waals surface area contributed by atoms with Crippen LogP contribution in [0.25, 0.3) is 11.6 Å². The number of thioether (sulfide) groups is 1. The van der Waals surface area contributed by atoms with E-state index in [4.69, 9.17) is 9.15 Å². The number of hydrogen-bond donors (Lipinski definition) is 1. The Labute approximate surface area is 206 Å². The van der Waals surface area contributed by atoms with E-state index in [0.29, 0.717) is 34.7 Å². The van der Waals surface area contributed by atoms with Gasteiger partial charge in [-0.2, -0.15) is 0 Å². The maximum Gasteiger partial charge on any atom is 0.262 e. The number of carbonyl (C=O) groups is 2. The Bertz CT molecular complexity index is 1320. The number of anilines is 1. The van der Waals surface area contributed by atoms with E-state index in [1.54, 1.807) is 30.3 Å². The van der Waals surface area contributed by atoms with Crippen LogP contribution in [0.1, 0.15) is 5.56 Å². The van der Waals surface area contributed by atoms with Crippen molar-refractivity contribution in [3.8, 4) is 17.3 Å². The van der Waals surface area contributed by atoms with Gasteiger partial charge in [-0.1, -0.05) is 54.2 Å². The SMILES string of the molecule is CNC(=O)C1CN(C(=O)CSc2nnc(-c3ccco3)n2Cc2ccccc2)c2ccccc2O1. The average molecular weight is 490 g/mol. The molecule has 1 aliphatic heterocycles. The Hall–Kier alpha value is -4.05. The molecule has 1 N–H and O–H groups in total. The van der Waals surface area contributed by atoms with Crippen molar-refractivity contribution in [3.05, 3.63) is 78.6 Å². The first-order valence-electron chi connectivity index (χ1n) is 11.1. The third kappa shape index (κ3) is 4.78. The highest BCUT2D eigenvalue weighted by Gasteiger charge is 2.33. The van der Waals surface area contributed by atoms with Crippen LogP contribution in [0, 0.1) is 0 Å². The fourth-order valence-corrected chi connectivity index (χ4v) is 4.68. The number of nitrogens with zero attached hydrogens (tertiary/aromatic N) is 4. The molecule has 0 saturated heterocycles. The third-order valence-corrected chi connectivity index (χ3v) is 6.53. The highest BCUT2D eigenvalue weighted by molar-refractivity contribution is 7.99. The van der Waals surface area contributed by atoms with Crippen molar-refractivity contribution in [2.75, 3.05) is 24.2 Å². The van der Waals surface area contributed by atoms with E-state index in [0.717, 1.165) is 5.56 Å². The van der Waals surface area contributed by atoms with E-state index >= 15 is 0 Å². The standard InChI is InChI=1S/C25H23N5O4S/c1-26-24(32)21-15-29(18-10-5-6-11-19(18)34-21)22(31)16-35-25-28-27-23(20-12-7-13-33-20)30(25)14-17-8-3-2-4-9-17/h2-13,21H,14-16H2,1H3,(H,26,32). The number of carbonyl (C=O) groups excluding carboxylic acids is 2. The van der Waals surface area contributed by atoms with Crippen molar-refractivity contribution in [1.29, 1.82) is 0 Å². The number of aromatic nitrogens is 3. The smallest absolute Gasteiger partial charge is 0.262 e. The molecule has 2 aromatic carbocycles. The highest BCUT2D eigenvalue weighted by atomic mass is 32.2. The van der Waals surface area contributed by atoms with E-state index in [1.807, 2.05) is 59.2 Å². The Morgan fingerprint density at radius 1 is 1.06 bits per heavy atom. The second-order valence-corrected chi connectivity index (χ2v) is 8.78. The molecule has 1 aliphatic rings. The lowest BCUT2D eigenvalue weighted by Crippen LogP contribution is -2.50. The topological polar surface area (TPSA) is 102 Å². The molecule has 0 radical (unpaired) electrons. The summed E-state index contributed by atoms with van der Waals surface area (Å²) in [7, 11) is 1.55. The van der Waals surface area contributed by atoms with Gasteiger partial charge in [0.05, 0.1) is 30.8 Å². The Kier molecular flexibility index (Phi) is 6.53. The summed E-state index contributed by atoms with van der Waals surface area (Å²) in [5, 5.41) is 11.9. The summed E-state index contributed by atoms with van der Waals surface area (Å²) >= 11 is 1.29. The van der Waals surface area contributed by atoms with E-state index in [9.17, 15) is 9.59 Å². The summed E-state index contributed by atoms with van der Waals surface area (Å²) in [6.45, 7) is 0.657. The molecule has 2 aromatic heterocycles. The van der Waals surface area contributed by atoms with Crippen LogP contribution in [-0.4, -0.2) is 52.0 Å². The monoisotopic (exact) mass is 489 g/mol. The molecule has 4 aromatic rings. The van der Waals surface area contributed by atoms with Gasteiger partial charge in [-0.05, 0) is 29.8 Å². The van der Waals surface area contributed by atoms with Gasteiger partial charge in [-0.25, -0.2) is 0 Å². The van der Waals surface area contributed by atoms with Crippen LogP contribution < -0.4 is 15.0 Å². The van der Waals surface area contributed by atoms with Crippen molar-refractivity contribution in [1.82, 2.24) is 20.1 Å². The fourth-order valence-electron chi connectivity index (χ4n) is 3.86. The van der Waals surface area contributed by atoms with Crippen molar-refractivity contribution >= 4 is 29.3 Å². The summed E-state index contributed by atoms with van der Waals surface area (Å²) < 4.78 is 13.3.